The van der Waals surface area contributed by atoms with E-state index >= 15 is 0 Å². The van der Waals surface area contributed by atoms with Crippen LogP contribution in [0.4, 0.5) is 17.6 Å². The van der Waals surface area contributed by atoms with Crippen LogP contribution in [0.25, 0.3) is 0 Å². The Labute approximate surface area is 175 Å². The van der Waals surface area contributed by atoms with E-state index in [4.69, 9.17) is 11.6 Å². The number of hydrogen-bond acceptors (Lipinski definition) is 3. The Morgan fingerprint density at radius 1 is 1.10 bits per heavy atom. The highest BCUT2D eigenvalue weighted by Crippen LogP contribution is 2.36. The average Bonchev–Trinajstić information content (AvgIpc) is 2.67. The molecule has 1 heterocycles. The van der Waals surface area contributed by atoms with E-state index in [9.17, 15) is 30.8 Å². The van der Waals surface area contributed by atoms with Crippen LogP contribution in [-0.2, 0) is 16.2 Å². The number of carbonyl (C=O) groups excluding carboxylic acids is 1. The number of halogens is 5. The number of hydrogen-bond donors (Lipinski definition) is 1. The third kappa shape index (κ3) is 4.93. The second-order valence-electron chi connectivity index (χ2n) is 6.81. The van der Waals surface area contributed by atoms with E-state index in [0.717, 1.165) is 12.1 Å². The fourth-order valence-electron chi connectivity index (χ4n) is 3.18. The van der Waals surface area contributed by atoms with Crippen LogP contribution in [0.3, 0.4) is 0 Å². The Bertz CT molecular complexity index is 1050. The number of sulfonamides is 1. The van der Waals surface area contributed by atoms with Gasteiger partial charge in [0.15, 0.2) is 0 Å². The summed E-state index contributed by atoms with van der Waals surface area (Å²) in [5, 5.41) is -0.596. The SMILES string of the molecule is O=C(c1ccccc1F)N1CCC(NS(=O)(=O)c2ccc(Cl)c(C(F)(F)F)c2)CC1. The van der Waals surface area contributed by atoms with Gasteiger partial charge in [-0.25, -0.2) is 17.5 Å². The molecule has 1 N–H and O–H groups in total. The van der Waals surface area contributed by atoms with Gasteiger partial charge in [0.05, 0.1) is 21.0 Å². The van der Waals surface area contributed by atoms with Gasteiger partial charge in [0.25, 0.3) is 5.91 Å². The first-order valence-corrected chi connectivity index (χ1v) is 10.8. The van der Waals surface area contributed by atoms with Crippen LogP contribution in [0.2, 0.25) is 5.02 Å². The zero-order valence-electron chi connectivity index (χ0n) is 15.4. The largest absolute Gasteiger partial charge is 0.417 e. The smallest absolute Gasteiger partial charge is 0.338 e. The summed E-state index contributed by atoms with van der Waals surface area (Å²) < 4.78 is 80.2. The summed E-state index contributed by atoms with van der Waals surface area (Å²) in [6, 6.07) is 7.34. The Morgan fingerprint density at radius 3 is 2.33 bits per heavy atom. The molecule has 0 unspecified atom stereocenters. The van der Waals surface area contributed by atoms with Crippen LogP contribution in [0, 0.1) is 5.82 Å². The molecule has 0 atom stereocenters. The molecular formula is C19H17ClF4N2O3S. The Balaban J connectivity index is 1.67. The summed E-state index contributed by atoms with van der Waals surface area (Å²) in [6.45, 7) is 0.351. The molecule has 3 rings (SSSR count). The van der Waals surface area contributed by atoms with Crippen LogP contribution in [0.1, 0.15) is 28.8 Å². The zero-order valence-corrected chi connectivity index (χ0v) is 17.0. The quantitative estimate of drug-likeness (QED) is 0.693. The minimum Gasteiger partial charge on any atom is -0.338 e. The van der Waals surface area contributed by atoms with E-state index < -0.39 is 49.4 Å². The molecular weight excluding hydrogens is 448 g/mol. The molecule has 0 radical (unpaired) electrons. The first-order valence-electron chi connectivity index (χ1n) is 8.92. The molecule has 30 heavy (non-hydrogen) atoms. The number of benzene rings is 2. The predicted octanol–water partition coefficient (Wildman–Crippen LogP) is 4.08. The molecule has 5 nitrogen and oxygen atoms in total. The highest BCUT2D eigenvalue weighted by atomic mass is 35.5. The van der Waals surface area contributed by atoms with E-state index in [2.05, 4.69) is 4.72 Å². The van der Waals surface area contributed by atoms with Gasteiger partial charge in [-0.1, -0.05) is 23.7 Å². The third-order valence-corrected chi connectivity index (χ3v) is 6.61. The van der Waals surface area contributed by atoms with Gasteiger partial charge < -0.3 is 4.90 Å². The van der Waals surface area contributed by atoms with E-state index in [-0.39, 0.29) is 31.5 Å². The van der Waals surface area contributed by atoms with Crippen LogP contribution in [0.15, 0.2) is 47.4 Å². The molecule has 1 fully saturated rings. The summed E-state index contributed by atoms with van der Waals surface area (Å²) in [5.74, 6) is -1.14. The molecule has 0 aromatic heterocycles. The first-order chi connectivity index (χ1) is 14.0. The fraction of sp³-hybridized carbons (Fsp3) is 0.316. The summed E-state index contributed by atoms with van der Waals surface area (Å²) in [4.78, 5) is 13.3. The normalized spacial score (nSPS) is 16.0. The average molecular weight is 465 g/mol. The molecule has 0 bridgehead atoms. The number of amides is 1. The number of carbonyl (C=O) groups is 1. The maximum absolute atomic E-state index is 13.8. The molecule has 11 heteroatoms. The number of piperidine rings is 1. The van der Waals surface area contributed by atoms with Crippen molar-refractivity contribution in [2.45, 2.75) is 30.0 Å². The minimum atomic E-state index is -4.79. The second kappa shape index (κ2) is 8.52. The summed E-state index contributed by atoms with van der Waals surface area (Å²) >= 11 is 5.53. The Kier molecular flexibility index (Phi) is 6.40. The van der Waals surface area contributed by atoms with Crippen molar-refractivity contribution < 1.29 is 30.8 Å². The van der Waals surface area contributed by atoms with Gasteiger partial charge in [-0.2, -0.15) is 13.2 Å². The maximum Gasteiger partial charge on any atom is 0.417 e. The van der Waals surface area contributed by atoms with Gasteiger partial charge in [0, 0.05) is 19.1 Å². The summed E-state index contributed by atoms with van der Waals surface area (Å²) in [7, 11) is -4.23. The van der Waals surface area contributed by atoms with Gasteiger partial charge in [-0.05, 0) is 43.2 Å². The van der Waals surface area contributed by atoms with Crippen molar-refractivity contribution in [3.05, 3.63) is 64.4 Å². The number of nitrogens with one attached hydrogen (secondary N) is 1. The molecule has 1 saturated heterocycles. The predicted molar refractivity (Wildman–Crippen MR) is 102 cm³/mol. The number of nitrogens with zero attached hydrogens (tertiary/aromatic N) is 1. The highest BCUT2D eigenvalue weighted by molar-refractivity contribution is 7.89. The number of alkyl halides is 3. The van der Waals surface area contributed by atoms with E-state index in [0.29, 0.717) is 6.07 Å². The molecule has 0 saturated carbocycles. The standard InChI is InChI=1S/C19H17ClF4N2O3S/c20-16-6-5-13(11-15(16)19(22,23)24)30(28,29)25-12-7-9-26(10-8-12)18(27)14-3-1-2-4-17(14)21/h1-6,11-12,25H,7-10H2. The lowest BCUT2D eigenvalue weighted by atomic mass is 10.0. The summed E-state index contributed by atoms with van der Waals surface area (Å²) in [5.41, 5.74) is -1.31. The third-order valence-electron chi connectivity index (χ3n) is 4.76. The van der Waals surface area contributed by atoms with Crippen LogP contribution >= 0.6 is 11.6 Å². The van der Waals surface area contributed by atoms with Crippen LogP contribution < -0.4 is 4.72 Å². The molecule has 1 aliphatic heterocycles. The van der Waals surface area contributed by atoms with Gasteiger partial charge in [-0.15, -0.1) is 0 Å². The number of rotatable bonds is 4. The molecule has 2 aromatic rings. The first kappa shape index (κ1) is 22.5. The zero-order chi connectivity index (χ0) is 22.1. The monoisotopic (exact) mass is 464 g/mol. The lowest BCUT2D eigenvalue weighted by Gasteiger charge is -2.32. The van der Waals surface area contributed by atoms with E-state index in [1.54, 1.807) is 6.07 Å². The molecule has 1 aliphatic rings. The van der Waals surface area contributed by atoms with Gasteiger partial charge in [-0.3, -0.25) is 4.79 Å². The van der Waals surface area contributed by atoms with Gasteiger partial charge in [0.2, 0.25) is 10.0 Å². The Hall–Kier alpha value is -2.17. The summed E-state index contributed by atoms with van der Waals surface area (Å²) in [6.07, 6.45) is -4.32. The molecule has 2 aromatic carbocycles. The lowest BCUT2D eigenvalue weighted by Crippen LogP contribution is -2.46. The van der Waals surface area contributed by atoms with Crippen molar-refractivity contribution in [2.24, 2.45) is 0 Å². The van der Waals surface area contributed by atoms with Crippen molar-refractivity contribution in [1.29, 1.82) is 0 Å². The van der Waals surface area contributed by atoms with Crippen molar-refractivity contribution in [3.8, 4) is 0 Å². The van der Waals surface area contributed by atoms with Crippen LogP contribution in [0.5, 0.6) is 0 Å². The second-order valence-corrected chi connectivity index (χ2v) is 8.93. The van der Waals surface area contributed by atoms with Crippen molar-refractivity contribution in [3.63, 3.8) is 0 Å². The minimum absolute atomic E-state index is 0.0719. The lowest BCUT2D eigenvalue weighted by molar-refractivity contribution is -0.137. The highest BCUT2D eigenvalue weighted by Gasteiger charge is 2.35. The number of likely N-dealkylation sites (tertiary alicyclic amines) is 1. The molecule has 1 amide bonds. The van der Waals surface area contributed by atoms with E-state index in [1.807, 2.05) is 0 Å². The topological polar surface area (TPSA) is 66.5 Å². The van der Waals surface area contributed by atoms with Gasteiger partial charge >= 0.3 is 6.18 Å². The maximum atomic E-state index is 13.8. The van der Waals surface area contributed by atoms with Crippen molar-refractivity contribution in [2.75, 3.05) is 13.1 Å². The van der Waals surface area contributed by atoms with Crippen molar-refractivity contribution in [1.82, 2.24) is 9.62 Å². The van der Waals surface area contributed by atoms with Crippen molar-refractivity contribution >= 4 is 27.5 Å². The molecule has 0 aliphatic carbocycles. The van der Waals surface area contributed by atoms with Crippen LogP contribution in [-0.4, -0.2) is 38.4 Å². The fourth-order valence-corrected chi connectivity index (χ4v) is 4.74. The molecule has 162 valence electrons. The van der Waals surface area contributed by atoms with E-state index in [1.165, 1.54) is 23.1 Å². The Morgan fingerprint density at radius 2 is 1.73 bits per heavy atom. The molecule has 0 spiro atoms. The van der Waals surface area contributed by atoms with Gasteiger partial charge in [0.1, 0.15) is 5.82 Å².